The molecule has 1 saturated carbocycles. The lowest BCUT2D eigenvalue weighted by atomic mass is 9.85. The molecule has 0 aliphatic heterocycles. The van der Waals surface area contributed by atoms with Crippen LogP contribution in [0.4, 0.5) is 5.69 Å². The number of hydrogen-bond acceptors (Lipinski definition) is 2. The summed E-state index contributed by atoms with van der Waals surface area (Å²) in [5.74, 6) is 0.900. The molecule has 0 spiro atoms. The molecule has 1 unspecified atom stereocenters. The standard InChI is InChI=1S/C16H25BrN2/c1-3-14(18)9-13-7-8-15(10-16(13)17)19(2)11-12-5-4-6-12/h7-8,10,12,14H,3-6,9,11,18H2,1-2H3. The average Bonchev–Trinajstić information content (AvgIpc) is 2.35. The molecule has 0 aromatic heterocycles. The Morgan fingerprint density at radius 1 is 1.42 bits per heavy atom. The van der Waals surface area contributed by atoms with Gasteiger partial charge in [-0.3, -0.25) is 0 Å². The van der Waals surface area contributed by atoms with Gasteiger partial charge in [0.1, 0.15) is 0 Å². The second-order valence-electron chi connectivity index (χ2n) is 5.83. The van der Waals surface area contributed by atoms with Crippen LogP contribution >= 0.6 is 15.9 Å². The van der Waals surface area contributed by atoms with E-state index in [9.17, 15) is 0 Å². The Labute approximate surface area is 125 Å². The van der Waals surface area contributed by atoms with Crippen molar-refractivity contribution in [1.82, 2.24) is 0 Å². The molecule has 19 heavy (non-hydrogen) atoms. The minimum atomic E-state index is 0.259. The molecule has 1 aromatic carbocycles. The highest BCUT2D eigenvalue weighted by atomic mass is 79.9. The van der Waals surface area contributed by atoms with Crippen LogP contribution in [-0.2, 0) is 6.42 Å². The van der Waals surface area contributed by atoms with Crippen LogP contribution in [0, 0.1) is 5.92 Å². The quantitative estimate of drug-likeness (QED) is 0.858. The largest absolute Gasteiger partial charge is 0.374 e. The van der Waals surface area contributed by atoms with Crippen LogP contribution in [0.5, 0.6) is 0 Å². The van der Waals surface area contributed by atoms with Crippen LogP contribution in [0.1, 0.15) is 38.2 Å². The van der Waals surface area contributed by atoms with E-state index in [1.807, 2.05) is 0 Å². The fourth-order valence-electron chi connectivity index (χ4n) is 2.53. The molecule has 1 fully saturated rings. The Kier molecular flexibility index (Phi) is 5.28. The van der Waals surface area contributed by atoms with E-state index in [0.29, 0.717) is 0 Å². The summed E-state index contributed by atoms with van der Waals surface area (Å²) in [5, 5.41) is 0. The molecule has 1 aliphatic carbocycles. The molecule has 2 rings (SSSR count). The summed E-state index contributed by atoms with van der Waals surface area (Å²) >= 11 is 3.69. The first-order valence-corrected chi connectivity index (χ1v) is 8.14. The average molecular weight is 325 g/mol. The Bertz CT molecular complexity index is 415. The van der Waals surface area contributed by atoms with Crippen LogP contribution in [-0.4, -0.2) is 19.6 Å². The lowest BCUT2D eigenvalue weighted by molar-refractivity contribution is 0.321. The molecule has 1 aromatic rings. The van der Waals surface area contributed by atoms with Gasteiger partial charge < -0.3 is 10.6 Å². The van der Waals surface area contributed by atoms with Gasteiger partial charge in [-0.1, -0.05) is 35.3 Å². The van der Waals surface area contributed by atoms with Gasteiger partial charge >= 0.3 is 0 Å². The highest BCUT2D eigenvalue weighted by molar-refractivity contribution is 9.10. The van der Waals surface area contributed by atoms with Gasteiger partial charge in [0, 0.05) is 29.8 Å². The first-order chi connectivity index (χ1) is 9.10. The summed E-state index contributed by atoms with van der Waals surface area (Å²) in [6.07, 6.45) is 6.18. The van der Waals surface area contributed by atoms with Gasteiger partial charge in [0.05, 0.1) is 0 Å². The number of anilines is 1. The van der Waals surface area contributed by atoms with Crippen molar-refractivity contribution in [1.29, 1.82) is 0 Å². The fourth-order valence-corrected chi connectivity index (χ4v) is 3.06. The van der Waals surface area contributed by atoms with Gasteiger partial charge in [0.25, 0.3) is 0 Å². The lowest BCUT2D eigenvalue weighted by Crippen LogP contribution is -2.29. The molecule has 0 bridgehead atoms. The maximum Gasteiger partial charge on any atom is 0.0375 e. The van der Waals surface area contributed by atoms with Gasteiger partial charge in [0.2, 0.25) is 0 Å². The summed E-state index contributed by atoms with van der Waals surface area (Å²) in [4.78, 5) is 2.37. The molecular weight excluding hydrogens is 300 g/mol. The van der Waals surface area contributed by atoms with Gasteiger partial charge in [-0.15, -0.1) is 0 Å². The van der Waals surface area contributed by atoms with E-state index >= 15 is 0 Å². The number of nitrogens with zero attached hydrogens (tertiary/aromatic N) is 1. The van der Waals surface area contributed by atoms with Crippen molar-refractivity contribution in [3.8, 4) is 0 Å². The molecule has 1 aliphatic rings. The van der Waals surface area contributed by atoms with E-state index in [-0.39, 0.29) is 6.04 Å². The number of benzene rings is 1. The molecule has 0 amide bonds. The zero-order valence-electron chi connectivity index (χ0n) is 12.0. The predicted molar refractivity (Wildman–Crippen MR) is 86.7 cm³/mol. The second kappa shape index (κ2) is 6.76. The summed E-state index contributed by atoms with van der Waals surface area (Å²) in [5.41, 5.74) is 8.65. The normalized spacial score (nSPS) is 17.1. The van der Waals surface area contributed by atoms with E-state index in [1.165, 1.54) is 41.5 Å². The third-order valence-electron chi connectivity index (χ3n) is 4.24. The monoisotopic (exact) mass is 324 g/mol. The molecular formula is C16H25BrN2. The SMILES string of the molecule is CCC(N)Cc1ccc(N(C)CC2CCC2)cc1Br. The minimum Gasteiger partial charge on any atom is -0.374 e. The molecule has 2 N–H and O–H groups in total. The van der Waals surface area contributed by atoms with Gasteiger partial charge in [-0.05, 0) is 49.3 Å². The highest BCUT2D eigenvalue weighted by Crippen LogP contribution is 2.30. The van der Waals surface area contributed by atoms with Crippen LogP contribution in [0.3, 0.4) is 0 Å². The van der Waals surface area contributed by atoms with Crippen molar-refractivity contribution in [2.24, 2.45) is 11.7 Å². The van der Waals surface area contributed by atoms with Gasteiger partial charge in [-0.25, -0.2) is 0 Å². The molecule has 106 valence electrons. The third-order valence-corrected chi connectivity index (χ3v) is 4.98. The molecule has 0 heterocycles. The Morgan fingerprint density at radius 3 is 2.68 bits per heavy atom. The molecule has 0 saturated heterocycles. The topological polar surface area (TPSA) is 29.3 Å². The number of hydrogen-bond donors (Lipinski definition) is 1. The summed E-state index contributed by atoms with van der Waals surface area (Å²) in [6, 6.07) is 6.93. The van der Waals surface area contributed by atoms with Crippen LogP contribution in [0.15, 0.2) is 22.7 Å². The van der Waals surface area contributed by atoms with Gasteiger partial charge in [-0.2, -0.15) is 0 Å². The van der Waals surface area contributed by atoms with Crippen molar-refractivity contribution in [2.75, 3.05) is 18.5 Å². The third kappa shape index (κ3) is 3.96. The Hall–Kier alpha value is -0.540. The van der Waals surface area contributed by atoms with Crippen molar-refractivity contribution in [3.63, 3.8) is 0 Å². The van der Waals surface area contributed by atoms with Crippen molar-refractivity contribution in [2.45, 2.75) is 45.1 Å². The zero-order valence-corrected chi connectivity index (χ0v) is 13.6. The van der Waals surface area contributed by atoms with E-state index < -0.39 is 0 Å². The Morgan fingerprint density at radius 2 is 2.16 bits per heavy atom. The first kappa shape index (κ1) is 14.9. The smallest absolute Gasteiger partial charge is 0.0375 e. The maximum absolute atomic E-state index is 6.03. The van der Waals surface area contributed by atoms with Gasteiger partial charge in [0.15, 0.2) is 0 Å². The maximum atomic E-state index is 6.03. The second-order valence-corrected chi connectivity index (χ2v) is 6.68. The lowest BCUT2D eigenvalue weighted by Gasteiger charge is -2.31. The van der Waals surface area contributed by atoms with E-state index in [1.54, 1.807) is 0 Å². The van der Waals surface area contributed by atoms with Crippen molar-refractivity contribution < 1.29 is 0 Å². The molecule has 1 atom stereocenters. The van der Waals surface area contributed by atoms with Crippen molar-refractivity contribution >= 4 is 21.6 Å². The number of nitrogens with two attached hydrogens (primary N) is 1. The van der Waals surface area contributed by atoms with E-state index in [0.717, 1.165) is 18.8 Å². The van der Waals surface area contributed by atoms with E-state index in [2.05, 4.69) is 53.0 Å². The zero-order chi connectivity index (χ0) is 13.8. The van der Waals surface area contributed by atoms with Crippen LogP contribution in [0.2, 0.25) is 0 Å². The number of halogens is 1. The van der Waals surface area contributed by atoms with Crippen molar-refractivity contribution in [3.05, 3.63) is 28.2 Å². The molecule has 0 radical (unpaired) electrons. The summed E-state index contributed by atoms with van der Waals surface area (Å²) in [7, 11) is 2.19. The van der Waals surface area contributed by atoms with E-state index in [4.69, 9.17) is 5.73 Å². The number of rotatable bonds is 6. The highest BCUT2D eigenvalue weighted by Gasteiger charge is 2.19. The summed E-state index contributed by atoms with van der Waals surface area (Å²) < 4.78 is 1.19. The minimum absolute atomic E-state index is 0.259. The van der Waals surface area contributed by atoms with Crippen LogP contribution in [0.25, 0.3) is 0 Å². The summed E-state index contributed by atoms with van der Waals surface area (Å²) in [6.45, 7) is 3.32. The fraction of sp³-hybridized carbons (Fsp3) is 0.625. The van der Waals surface area contributed by atoms with Crippen LogP contribution < -0.4 is 10.6 Å². The first-order valence-electron chi connectivity index (χ1n) is 7.35. The predicted octanol–water partition coefficient (Wildman–Crippen LogP) is 3.97. The molecule has 2 nitrogen and oxygen atoms in total. The Balaban J connectivity index is 2.00. The molecule has 3 heteroatoms.